The Balaban J connectivity index is 1.86. The minimum atomic E-state index is -0.494. The molecule has 4 nitrogen and oxygen atoms in total. The van der Waals surface area contributed by atoms with Crippen molar-refractivity contribution in [1.82, 2.24) is 9.97 Å². The van der Waals surface area contributed by atoms with Gasteiger partial charge in [-0.15, -0.1) is 0 Å². The highest BCUT2D eigenvalue weighted by Gasteiger charge is 2.27. The fourth-order valence-electron chi connectivity index (χ4n) is 3.51. The van der Waals surface area contributed by atoms with Crippen LogP contribution in [0.1, 0.15) is 46.2 Å². The van der Waals surface area contributed by atoms with Crippen molar-refractivity contribution < 1.29 is 4.79 Å². The summed E-state index contributed by atoms with van der Waals surface area (Å²) in [6.07, 6.45) is 3.12. The van der Waals surface area contributed by atoms with Gasteiger partial charge in [-0.1, -0.05) is 17.7 Å². The Morgan fingerprint density at radius 3 is 3.00 bits per heavy atom. The van der Waals surface area contributed by atoms with Crippen molar-refractivity contribution in [3.63, 3.8) is 0 Å². The first kappa shape index (κ1) is 14.3. The quantitative estimate of drug-likeness (QED) is 0.752. The van der Waals surface area contributed by atoms with E-state index in [2.05, 4.69) is 9.97 Å². The van der Waals surface area contributed by atoms with E-state index in [4.69, 9.17) is 17.3 Å². The van der Waals surface area contributed by atoms with Crippen LogP contribution >= 0.6 is 11.6 Å². The first-order valence-electron chi connectivity index (χ1n) is 7.70. The van der Waals surface area contributed by atoms with Crippen LogP contribution in [-0.2, 0) is 6.42 Å². The summed E-state index contributed by atoms with van der Waals surface area (Å²) in [5.41, 5.74) is 10.2. The molecule has 1 aliphatic rings. The van der Waals surface area contributed by atoms with E-state index in [0.717, 1.165) is 35.5 Å². The molecule has 0 fully saturated rings. The van der Waals surface area contributed by atoms with E-state index in [1.165, 1.54) is 16.6 Å². The van der Waals surface area contributed by atoms with Crippen molar-refractivity contribution in [3.8, 4) is 0 Å². The largest absolute Gasteiger partial charge is 0.364 e. The van der Waals surface area contributed by atoms with Crippen LogP contribution in [0.15, 0.2) is 36.4 Å². The number of carbonyl (C=O) groups is 1. The summed E-state index contributed by atoms with van der Waals surface area (Å²) in [5, 5.41) is 1.93. The summed E-state index contributed by atoms with van der Waals surface area (Å²) in [6, 6.07) is 11.4. The van der Waals surface area contributed by atoms with E-state index in [-0.39, 0.29) is 5.92 Å². The number of aromatic amines is 1. The number of fused-ring (bicyclic) bond motifs is 3. The summed E-state index contributed by atoms with van der Waals surface area (Å²) in [6.45, 7) is 0. The van der Waals surface area contributed by atoms with E-state index in [1.807, 2.05) is 30.3 Å². The molecule has 3 N–H and O–H groups in total. The van der Waals surface area contributed by atoms with Crippen LogP contribution in [-0.4, -0.2) is 15.9 Å². The van der Waals surface area contributed by atoms with Crippen molar-refractivity contribution >= 4 is 28.4 Å². The summed E-state index contributed by atoms with van der Waals surface area (Å²) in [5.74, 6) is -0.337. The van der Waals surface area contributed by atoms with Gasteiger partial charge >= 0.3 is 0 Å². The van der Waals surface area contributed by atoms with Gasteiger partial charge in [-0.25, -0.2) is 4.98 Å². The zero-order valence-electron chi connectivity index (χ0n) is 12.5. The highest BCUT2D eigenvalue weighted by Crippen LogP contribution is 2.39. The molecule has 3 aromatic rings. The second-order valence-electron chi connectivity index (χ2n) is 5.96. The molecular formula is C18H16ClN3O. The molecule has 0 bridgehead atoms. The van der Waals surface area contributed by atoms with Crippen LogP contribution in [0.4, 0.5) is 0 Å². The normalized spacial score (nSPS) is 17.2. The minimum Gasteiger partial charge on any atom is -0.364 e. The predicted molar refractivity (Wildman–Crippen MR) is 90.8 cm³/mol. The lowest BCUT2D eigenvalue weighted by Crippen LogP contribution is -2.17. The number of aryl methyl sites for hydroxylation is 1. The number of rotatable bonds is 2. The van der Waals surface area contributed by atoms with E-state index >= 15 is 0 Å². The fourth-order valence-corrected chi connectivity index (χ4v) is 3.69. The summed E-state index contributed by atoms with van der Waals surface area (Å²) in [7, 11) is 0. The van der Waals surface area contributed by atoms with Gasteiger partial charge in [0, 0.05) is 27.5 Å². The molecule has 0 aliphatic heterocycles. The molecule has 1 aliphatic carbocycles. The lowest BCUT2D eigenvalue weighted by Gasteiger charge is -2.22. The third-order valence-corrected chi connectivity index (χ3v) is 4.78. The second kappa shape index (κ2) is 5.39. The van der Waals surface area contributed by atoms with Gasteiger partial charge in [-0.3, -0.25) is 4.79 Å². The van der Waals surface area contributed by atoms with Crippen LogP contribution in [0, 0.1) is 0 Å². The van der Waals surface area contributed by atoms with E-state index in [1.54, 1.807) is 6.07 Å². The third-order valence-electron chi connectivity index (χ3n) is 4.55. The maximum atomic E-state index is 11.4. The molecule has 5 heteroatoms. The van der Waals surface area contributed by atoms with Crippen LogP contribution in [0.3, 0.4) is 0 Å². The zero-order chi connectivity index (χ0) is 16.0. The van der Waals surface area contributed by atoms with Crippen molar-refractivity contribution in [2.45, 2.75) is 25.2 Å². The number of nitrogens with zero attached hydrogens (tertiary/aromatic N) is 1. The summed E-state index contributed by atoms with van der Waals surface area (Å²) in [4.78, 5) is 19.4. The van der Waals surface area contributed by atoms with Crippen molar-refractivity contribution in [3.05, 3.63) is 64.1 Å². The molecule has 116 valence electrons. The van der Waals surface area contributed by atoms with E-state index in [0.29, 0.717) is 5.69 Å². The molecule has 0 saturated carbocycles. The molecule has 2 aromatic heterocycles. The van der Waals surface area contributed by atoms with Crippen LogP contribution in [0.2, 0.25) is 5.02 Å². The summed E-state index contributed by atoms with van der Waals surface area (Å²) >= 11 is 6.15. The number of carbonyl (C=O) groups excluding carboxylic acids is 1. The number of amides is 1. The highest BCUT2D eigenvalue weighted by molar-refractivity contribution is 6.31. The maximum Gasteiger partial charge on any atom is 0.267 e. The Morgan fingerprint density at radius 1 is 1.30 bits per heavy atom. The minimum absolute atomic E-state index is 0.157. The monoisotopic (exact) mass is 325 g/mol. The van der Waals surface area contributed by atoms with Crippen LogP contribution in [0.5, 0.6) is 0 Å². The first-order chi connectivity index (χ1) is 11.1. The van der Waals surface area contributed by atoms with Gasteiger partial charge in [0.25, 0.3) is 5.91 Å². The average Bonchev–Trinajstić information content (AvgIpc) is 2.93. The first-order valence-corrected chi connectivity index (χ1v) is 8.08. The number of nitrogens with one attached hydrogen (secondary N) is 1. The van der Waals surface area contributed by atoms with Gasteiger partial charge in [0.2, 0.25) is 0 Å². The lowest BCUT2D eigenvalue weighted by atomic mass is 9.84. The number of benzene rings is 1. The number of pyridine rings is 1. The van der Waals surface area contributed by atoms with Gasteiger partial charge in [-0.2, -0.15) is 0 Å². The van der Waals surface area contributed by atoms with Gasteiger partial charge in [0.05, 0.1) is 5.69 Å². The predicted octanol–water partition coefficient (Wildman–Crippen LogP) is 3.78. The molecule has 0 radical (unpaired) electrons. The van der Waals surface area contributed by atoms with Gasteiger partial charge in [0.1, 0.15) is 5.69 Å². The number of aromatic nitrogens is 2. The Kier molecular flexibility index (Phi) is 3.34. The molecule has 23 heavy (non-hydrogen) atoms. The van der Waals surface area contributed by atoms with Crippen LogP contribution < -0.4 is 5.73 Å². The summed E-state index contributed by atoms with van der Waals surface area (Å²) < 4.78 is 0. The van der Waals surface area contributed by atoms with Crippen molar-refractivity contribution in [2.75, 3.05) is 0 Å². The van der Waals surface area contributed by atoms with Crippen molar-refractivity contribution in [1.29, 1.82) is 0 Å². The SMILES string of the molecule is NC(=O)c1cccc([C@@H]2CCCc3c2[nH]c2ccc(Cl)cc32)n1. The van der Waals surface area contributed by atoms with Gasteiger partial charge in [0.15, 0.2) is 0 Å². The van der Waals surface area contributed by atoms with Gasteiger partial charge in [-0.05, 0) is 55.2 Å². The lowest BCUT2D eigenvalue weighted by molar-refractivity contribution is 0.0995. The molecule has 0 saturated heterocycles. The van der Waals surface area contributed by atoms with E-state index < -0.39 is 5.91 Å². The van der Waals surface area contributed by atoms with Gasteiger partial charge < -0.3 is 10.7 Å². The molecule has 0 unspecified atom stereocenters. The molecule has 4 rings (SSSR count). The highest BCUT2D eigenvalue weighted by atomic mass is 35.5. The second-order valence-corrected chi connectivity index (χ2v) is 6.40. The fraction of sp³-hybridized carbons (Fsp3) is 0.222. The number of primary amides is 1. The number of H-pyrrole nitrogens is 1. The molecule has 2 heterocycles. The topological polar surface area (TPSA) is 71.8 Å². The average molecular weight is 326 g/mol. The molecule has 1 amide bonds. The Bertz CT molecular complexity index is 916. The van der Waals surface area contributed by atoms with Crippen LogP contribution in [0.25, 0.3) is 10.9 Å². The molecular weight excluding hydrogens is 310 g/mol. The number of hydrogen-bond donors (Lipinski definition) is 2. The Morgan fingerprint density at radius 2 is 2.17 bits per heavy atom. The zero-order valence-corrected chi connectivity index (χ0v) is 13.2. The van der Waals surface area contributed by atoms with Crippen molar-refractivity contribution in [2.24, 2.45) is 5.73 Å². The number of nitrogens with two attached hydrogens (primary N) is 1. The standard InChI is InChI=1S/C18H16ClN3O/c19-10-7-8-15-13(9-10)11-3-1-4-12(17(11)22-15)14-5-2-6-16(21-14)18(20)23/h2,5-9,12,22H,1,3-4H2,(H2,20,23)/t12-/m0/s1. The third kappa shape index (κ3) is 2.39. The molecule has 1 atom stereocenters. The maximum absolute atomic E-state index is 11.4. The number of halogens is 1. The molecule has 0 spiro atoms. The smallest absolute Gasteiger partial charge is 0.267 e. The van der Waals surface area contributed by atoms with E-state index in [9.17, 15) is 4.79 Å². The molecule has 1 aromatic carbocycles. The Labute approximate surface area is 138 Å². The Hall–Kier alpha value is -2.33. The number of hydrogen-bond acceptors (Lipinski definition) is 2.